The molecule has 0 spiro atoms. The monoisotopic (exact) mass is 356 g/mol. The first-order valence-corrected chi connectivity index (χ1v) is 9.17. The molecule has 0 bridgehead atoms. The molecule has 0 amide bonds. The van der Waals surface area contributed by atoms with Crippen LogP contribution in [0.1, 0.15) is 36.1 Å². The van der Waals surface area contributed by atoms with Crippen molar-refractivity contribution in [1.29, 1.82) is 0 Å². The molecule has 0 radical (unpaired) electrons. The van der Waals surface area contributed by atoms with E-state index in [1.54, 1.807) is 0 Å². The van der Waals surface area contributed by atoms with Gasteiger partial charge >= 0.3 is 0 Å². The van der Waals surface area contributed by atoms with Gasteiger partial charge in [0.1, 0.15) is 0 Å². The minimum Gasteiger partial charge on any atom is -0.338 e. The van der Waals surface area contributed by atoms with E-state index in [9.17, 15) is 4.79 Å². The smallest absolute Gasteiger partial charge is 0.251 e. The zero-order chi connectivity index (χ0) is 17.8. The fraction of sp³-hybridized carbons (Fsp3) is 0.333. The first-order chi connectivity index (χ1) is 12.0. The molecule has 0 aliphatic heterocycles. The highest BCUT2D eigenvalue weighted by Gasteiger charge is 2.11. The summed E-state index contributed by atoms with van der Waals surface area (Å²) in [5, 5.41) is 4.61. The van der Waals surface area contributed by atoms with Crippen LogP contribution < -0.4 is 5.56 Å². The van der Waals surface area contributed by atoms with E-state index in [0.717, 1.165) is 24.1 Å². The number of nitrogens with one attached hydrogen (secondary N) is 1. The quantitative estimate of drug-likeness (QED) is 0.536. The third-order valence-corrected chi connectivity index (χ3v) is 4.70. The van der Waals surface area contributed by atoms with E-state index in [-0.39, 0.29) is 5.56 Å². The maximum absolute atomic E-state index is 11.7. The predicted octanol–water partition coefficient (Wildman–Crippen LogP) is 3.68. The van der Waals surface area contributed by atoms with Crippen LogP contribution in [0.2, 0.25) is 0 Å². The molecule has 25 heavy (non-hydrogen) atoms. The van der Waals surface area contributed by atoms with Gasteiger partial charge in [0.05, 0.1) is 5.75 Å². The fourth-order valence-electron chi connectivity index (χ4n) is 2.38. The van der Waals surface area contributed by atoms with Crippen LogP contribution in [-0.2, 0) is 12.2 Å². The fourth-order valence-corrected chi connectivity index (χ4v) is 3.11. The summed E-state index contributed by atoms with van der Waals surface area (Å²) in [6, 6.07) is 7.61. The highest BCUT2D eigenvalue weighted by atomic mass is 32.2. The SMILES string of the molecule is CCCc1cc(=O)[nH]c(SCc2nc(-c3ccc(C)c(C)c3)no2)n1. The zero-order valence-corrected chi connectivity index (χ0v) is 15.3. The largest absolute Gasteiger partial charge is 0.338 e. The van der Waals surface area contributed by atoms with Crippen LogP contribution in [0.15, 0.2) is 38.7 Å². The lowest BCUT2D eigenvalue weighted by molar-refractivity contribution is 0.391. The van der Waals surface area contributed by atoms with E-state index in [1.807, 2.05) is 18.2 Å². The van der Waals surface area contributed by atoms with Crippen molar-refractivity contribution in [3.05, 3.63) is 57.3 Å². The molecule has 1 aromatic carbocycles. The third kappa shape index (κ3) is 4.36. The molecule has 3 rings (SSSR count). The molecule has 0 aliphatic carbocycles. The average molecular weight is 356 g/mol. The van der Waals surface area contributed by atoms with Gasteiger partial charge < -0.3 is 9.51 Å². The molecule has 6 nitrogen and oxygen atoms in total. The number of benzene rings is 1. The van der Waals surface area contributed by atoms with Crippen molar-refractivity contribution in [2.75, 3.05) is 0 Å². The molecule has 2 aromatic heterocycles. The lowest BCUT2D eigenvalue weighted by Gasteiger charge is -2.01. The molecule has 130 valence electrons. The van der Waals surface area contributed by atoms with E-state index in [1.165, 1.54) is 29.0 Å². The molecule has 0 saturated carbocycles. The number of thioether (sulfide) groups is 1. The topological polar surface area (TPSA) is 84.7 Å². The van der Waals surface area contributed by atoms with Gasteiger partial charge in [-0.05, 0) is 37.5 Å². The molecule has 0 aliphatic rings. The molecule has 1 N–H and O–H groups in total. The molecular formula is C18H20N4O2S. The number of aromatic amines is 1. The van der Waals surface area contributed by atoms with Gasteiger partial charge in [-0.1, -0.05) is 42.4 Å². The summed E-state index contributed by atoms with van der Waals surface area (Å²) in [4.78, 5) is 23.3. The van der Waals surface area contributed by atoms with Crippen molar-refractivity contribution in [1.82, 2.24) is 20.1 Å². The Balaban J connectivity index is 1.71. The van der Waals surface area contributed by atoms with Crippen molar-refractivity contribution in [3.63, 3.8) is 0 Å². The summed E-state index contributed by atoms with van der Waals surface area (Å²) < 4.78 is 5.32. The van der Waals surface area contributed by atoms with E-state index >= 15 is 0 Å². The molecule has 2 heterocycles. The van der Waals surface area contributed by atoms with E-state index in [0.29, 0.717) is 22.6 Å². The van der Waals surface area contributed by atoms with E-state index in [4.69, 9.17) is 4.52 Å². The Morgan fingerprint density at radius 1 is 1.16 bits per heavy atom. The highest BCUT2D eigenvalue weighted by molar-refractivity contribution is 7.98. The molecule has 0 unspecified atom stereocenters. The van der Waals surface area contributed by atoms with Crippen LogP contribution in [-0.4, -0.2) is 20.1 Å². The van der Waals surface area contributed by atoms with Gasteiger partial charge in [-0.3, -0.25) is 4.79 Å². The van der Waals surface area contributed by atoms with Gasteiger partial charge in [-0.15, -0.1) is 0 Å². The minimum atomic E-state index is -0.137. The van der Waals surface area contributed by atoms with Gasteiger partial charge in [-0.2, -0.15) is 4.98 Å². The van der Waals surface area contributed by atoms with Crippen molar-refractivity contribution in [3.8, 4) is 11.4 Å². The molecule has 3 aromatic rings. The minimum absolute atomic E-state index is 0.137. The summed E-state index contributed by atoms with van der Waals surface area (Å²) in [6.45, 7) is 6.18. The Morgan fingerprint density at radius 2 is 2.00 bits per heavy atom. The second-order valence-corrected chi connectivity index (χ2v) is 6.86. The lowest BCUT2D eigenvalue weighted by Crippen LogP contribution is -2.09. The predicted molar refractivity (Wildman–Crippen MR) is 97.6 cm³/mol. The first kappa shape index (κ1) is 17.4. The normalized spacial score (nSPS) is 11.0. The first-order valence-electron chi connectivity index (χ1n) is 8.18. The van der Waals surface area contributed by atoms with Crippen LogP contribution in [0.3, 0.4) is 0 Å². The molecule has 0 saturated heterocycles. The summed E-state index contributed by atoms with van der Waals surface area (Å²) in [7, 11) is 0. The van der Waals surface area contributed by atoms with Crippen LogP contribution in [0.4, 0.5) is 0 Å². The number of aromatic nitrogens is 4. The Bertz CT molecular complexity index is 933. The number of rotatable bonds is 6. The Kier molecular flexibility index (Phi) is 5.33. The summed E-state index contributed by atoms with van der Waals surface area (Å²) in [5.74, 6) is 1.53. The molecule has 0 atom stereocenters. The Morgan fingerprint density at radius 3 is 2.76 bits per heavy atom. The van der Waals surface area contributed by atoms with Crippen LogP contribution >= 0.6 is 11.8 Å². The Hall–Kier alpha value is -2.41. The second kappa shape index (κ2) is 7.65. The lowest BCUT2D eigenvalue weighted by atomic mass is 10.1. The van der Waals surface area contributed by atoms with E-state index < -0.39 is 0 Å². The number of H-pyrrole nitrogens is 1. The highest BCUT2D eigenvalue weighted by Crippen LogP contribution is 2.22. The molecule has 0 fully saturated rings. The number of aryl methyl sites for hydroxylation is 3. The summed E-state index contributed by atoms with van der Waals surface area (Å²) in [5.41, 5.74) is 4.01. The summed E-state index contributed by atoms with van der Waals surface area (Å²) >= 11 is 1.38. The van der Waals surface area contributed by atoms with Crippen molar-refractivity contribution in [2.24, 2.45) is 0 Å². The van der Waals surface area contributed by atoms with Gasteiger partial charge in [0, 0.05) is 17.3 Å². The Labute approximate surface area is 150 Å². The standard InChI is InChI=1S/C18H20N4O2S/c1-4-5-14-9-15(23)20-18(19-14)25-10-16-21-17(22-24-16)13-7-6-11(2)12(3)8-13/h6-9H,4-5,10H2,1-3H3,(H,19,20,23). The number of hydrogen-bond donors (Lipinski definition) is 1. The van der Waals surface area contributed by atoms with Gasteiger partial charge in [0.2, 0.25) is 11.7 Å². The second-order valence-electron chi connectivity index (χ2n) is 5.89. The number of nitrogens with zero attached hydrogens (tertiary/aromatic N) is 3. The van der Waals surface area contributed by atoms with Crippen LogP contribution in [0.25, 0.3) is 11.4 Å². The van der Waals surface area contributed by atoms with Crippen molar-refractivity contribution in [2.45, 2.75) is 44.5 Å². The molecular weight excluding hydrogens is 336 g/mol. The van der Waals surface area contributed by atoms with Crippen LogP contribution in [0, 0.1) is 13.8 Å². The number of hydrogen-bond acceptors (Lipinski definition) is 6. The zero-order valence-electron chi connectivity index (χ0n) is 14.5. The van der Waals surface area contributed by atoms with Crippen LogP contribution in [0.5, 0.6) is 0 Å². The van der Waals surface area contributed by atoms with Gasteiger partial charge in [0.25, 0.3) is 5.56 Å². The maximum Gasteiger partial charge on any atom is 0.251 e. The third-order valence-electron chi connectivity index (χ3n) is 3.84. The van der Waals surface area contributed by atoms with Crippen molar-refractivity contribution < 1.29 is 4.52 Å². The van der Waals surface area contributed by atoms with Crippen molar-refractivity contribution >= 4 is 11.8 Å². The van der Waals surface area contributed by atoms with Gasteiger partial charge in [0.15, 0.2) is 5.16 Å². The van der Waals surface area contributed by atoms with E-state index in [2.05, 4.69) is 40.9 Å². The summed E-state index contributed by atoms with van der Waals surface area (Å²) in [6.07, 6.45) is 1.73. The van der Waals surface area contributed by atoms with Gasteiger partial charge in [-0.25, -0.2) is 4.98 Å². The maximum atomic E-state index is 11.7. The average Bonchev–Trinajstić information content (AvgIpc) is 3.04. The molecule has 7 heteroatoms.